The molecule has 0 atom stereocenters. The summed E-state index contributed by atoms with van der Waals surface area (Å²) in [5.41, 5.74) is 6.91. The van der Waals surface area contributed by atoms with Gasteiger partial charge in [-0.25, -0.2) is 0 Å². The molecule has 0 aliphatic heterocycles. The molecular formula is C19H20ClN3O3S. The number of anilines is 1. The molecule has 0 aliphatic rings. The number of nitrogens with one attached hydrogen (secondary N) is 3. The molecule has 142 valence electrons. The normalized spacial score (nSPS) is 10.1. The van der Waals surface area contributed by atoms with Crippen molar-refractivity contribution in [2.45, 2.75) is 13.3 Å². The Morgan fingerprint density at radius 1 is 0.889 bits per heavy atom. The van der Waals surface area contributed by atoms with Gasteiger partial charge in [0.1, 0.15) is 0 Å². The number of amides is 3. The molecule has 8 heteroatoms. The average molecular weight is 406 g/mol. The van der Waals surface area contributed by atoms with Crippen molar-refractivity contribution in [2.75, 3.05) is 16.8 Å². The van der Waals surface area contributed by atoms with Crippen LogP contribution in [-0.4, -0.2) is 29.2 Å². The summed E-state index contributed by atoms with van der Waals surface area (Å²) in [6.45, 7) is 2.03. The molecule has 6 nitrogen and oxygen atoms in total. The molecule has 0 aliphatic carbocycles. The molecule has 2 aromatic rings. The van der Waals surface area contributed by atoms with Crippen molar-refractivity contribution in [3.05, 3.63) is 64.7 Å². The Hall–Kier alpha value is -2.51. The first kappa shape index (κ1) is 20.8. The van der Waals surface area contributed by atoms with Gasteiger partial charge < -0.3 is 5.32 Å². The van der Waals surface area contributed by atoms with Gasteiger partial charge in [-0.3, -0.25) is 25.2 Å². The lowest BCUT2D eigenvalue weighted by atomic mass is 10.1. The van der Waals surface area contributed by atoms with E-state index in [9.17, 15) is 14.4 Å². The Labute approximate surface area is 167 Å². The third kappa shape index (κ3) is 7.32. The van der Waals surface area contributed by atoms with Crippen LogP contribution in [0.25, 0.3) is 0 Å². The number of hydrogen-bond acceptors (Lipinski definition) is 4. The molecule has 0 spiro atoms. The lowest BCUT2D eigenvalue weighted by Gasteiger charge is -2.08. The summed E-state index contributed by atoms with van der Waals surface area (Å²) in [6, 6.07) is 13.9. The number of benzene rings is 2. The predicted octanol–water partition coefficient (Wildman–Crippen LogP) is 3.04. The van der Waals surface area contributed by atoms with Crippen molar-refractivity contribution < 1.29 is 14.4 Å². The van der Waals surface area contributed by atoms with Crippen LogP contribution < -0.4 is 16.2 Å². The summed E-state index contributed by atoms with van der Waals surface area (Å²) in [5, 5.41) is 3.29. The smallest absolute Gasteiger partial charge is 0.269 e. The van der Waals surface area contributed by atoms with Crippen molar-refractivity contribution in [1.82, 2.24) is 10.9 Å². The van der Waals surface area contributed by atoms with E-state index in [1.165, 1.54) is 0 Å². The highest BCUT2D eigenvalue weighted by Crippen LogP contribution is 2.13. The molecule has 0 saturated carbocycles. The van der Waals surface area contributed by atoms with E-state index in [4.69, 9.17) is 11.6 Å². The largest absolute Gasteiger partial charge is 0.325 e. The first-order chi connectivity index (χ1) is 13.0. The van der Waals surface area contributed by atoms with Crippen LogP contribution in [0.3, 0.4) is 0 Å². The van der Waals surface area contributed by atoms with Gasteiger partial charge in [-0.1, -0.05) is 30.7 Å². The maximum atomic E-state index is 12.0. The lowest BCUT2D eigenvalue weighted by Crippen LogP contribution is -2.42. The van der Waals surface area contributed by atoms with Crippen molar-refractivity contribution in [1.29, 1.82) is 0 Å². The maximum Gasteiger partial charge on any atom is 0.269 e. The van der Waals surface area contributed by atoms with Crippen molar-refractivity contribution >= 4 is 46.8 Å². The number of rotatable bonds is 7. The van der Waals surface area contributed by atoms with Crippen LogP contribution in [0, 0.1) is 0 Å². The van der Waals surface area contributed by atoms with Crippen LogP contribution in [-0.2, 0) is 16.0 Å². The Bertz CT molecular complexity index is 795. The maximum absolute atomic E-state index is 12.0. The van der Waals surface area contributed by atoms with E-state index in [1.54, 1.807) is 36.4 Å². The summed E-state index contributed by atoms with van der Waals surface area (Å²) in [6.07, 6.45) is 0.890. The fourth-order valence-corrected chi connectivity index (χ4v) is 2.84. The summed E-state index contributed by atoms with van der Waals surface area (Å²) in [4.78, 5) is 35.5. The highest BCUT2D eigenvalue weighted by atomic mass is 35.5. The van der Waals surface area contributed by atoms with E-state index >= 15 is 0 Å². The van der Waals surface area contributed by atoms with Crippen molar-refractivity contribution in [3.8, 4) is 0 Å². The van der Waals surface area contributed by atoms with Crippen LogP contribution in [0.5, 0.6) is 0 Å². The zero-order chi connectivity index (χ0) is 19.6. The van der Waals surface area contributed by atoms with Gasteiger partial charge in [0.05, 0.1) is 11.5 Å². The fraction of sp³-hybridized carbons (Fsp3) is 0.211. The number of hydrazine groups is 1. The van der Waals surface area contributed by atoms with Gasteiger partial charge in [0.15, 0.2) is 0 Å². The van der Waals surface area contributed by atoms with Crippen LogP contribution in [0.1, 0.15) is 22.8 Å². The second kappa shape index (κ2) is 10.6. The number of aryl methyl sites for hydroxylation is 1. The third-order valence-corrected chi connectivity index (χ3v) is 4.72. The standard InChI is InChI=1S/C19H20ClN3O3S/c1-2-13-3-5-14(6-4-13)19(26)23-22-18(25)12-27-11-17(24)21-16-9-7-15(20)8-10-16/h3-10H,2,11-12H2,1H3,(H,21,24)(H,22,25)(H,23,26). The van der Waals surface area contributed by atoms with Gasteiger partial charge in [0, 0.05) is 16.3 Å². The molecule has 2 rings (SSSR count). The van der Waals surface area contributed by atoms with E-state index in [-0.39, 0.29) is 17.4 Å². The van der Waals surface area contributed by atoms with Gasteiger partial charge in [0.2, 0.25) is 11.8 Å². The quantitative estimate of drug-likeness (QED) is 0.618. The second-order valence-electron chi connectivity index (χ2n) is 5.60. The monoisotopic (exact) mass is 405 g/mol. The molecule has 0 fully saturated rings. The summed E-state index contributed by atoms with van der Waals surface area (Å²) < 4.78 is 0. The molecule has 3 N–H and O–H groups in total. The van der Waals surface area contributed by atoms with Gasteiger partial charge in [-0.2, -0.15) is 0 Å². The van der Waals surface area contributed by atoms with Crippen molar-refractivity contribution in [3.63, 3.8) is 0 Å². The number of halogens is 1. The predicted molar refractivity (Wildman–Crippen MR) is 109 cm³/mol. The second-order valence-corrected chi connectivity index (χ2v) is 7.02. The van der Waals surface area contributed by atoms with E-state index in [2.05, 4.69) is 16.2 Å². The highest BCUT2D eigenvalue weighted by molar-refractivity contribution is 8.00. The molecule has 0 bridgehead atoms. The van der Waals surface area contributed by atoms with Crippen LogP contribution >= 0.6 is 23.4 Å². The van der Waals surface area contributed by atoms with Crippen LogP contribution in [0.2, 0.25) is 5.02 Å². The van der Waals surface area contributed by atoms with E-state index in [0.29, 0.717) is 16.3 Å². The number of hydrogen-bond donors (Lipinski definition) is 3. The van der Waals surface area contributed by atoms with Gasteiger partial charge in [-0.15, -0.1) is 11.8 Å². The van der Waals surface area contributed by atoms with Gasteiger partial charge >= 0.3 is 0 Å². The molecule has 27 heavy (non-hydrogen) atoms. The summed E-state index contributed by atoms with van der Waals surface area (Å²) >= 11 is 6.92. The summed E-state index contributed by atoms with van der Waals surface area (Å²) in [7, 11) is 0. The molecule has 0 saturated heterocycles. The summed E-state index contributed by atoms with van der Waals surface area (Å²) in [5.74, 6) is -0.851. The molecule has 0 aromatic heterocycles. The Morgan fingerprint density at radius 2 is 1.52 bits per heavy atom. The minimum absolute atomic E-state index is 0.0447. The number of carbonyl (C=O) groups excluding carboxylic acids is 3. The molecule has 0 heterocycles. The third-order valence-electron chi connectivity index (χ3n) is 3.53. The first-order valence-electron chi connectivity index (χ1n) is 8.29. The zero-order valence-electron chi connectivity index (χ0n) is 14.8. The Kier molecular flexibility index (Phi) is 8.16. The van der Waals surface area contributed by atoms with Gasteiger partial charge in [0.25, 0.3) is 5.91 Å². The fourth-order valence-electron chi connectivity index (χ4n) is 2.09. The van der Waals surface area contributed by atoms with Crippen LogP contribution in [0.15, 0.2) is 48.5 Å². The Morgan fingerprint density at radius 3 is 2.15 bits per heavy atom. The van der Waals surface area contributed by atoms with E-state index in [0.717, 1.165) is 23.7 Å². The molecule has 2 aromatic carbocycles. The zero-order valence-corrected chi connectivity index (χ0v) is 16.3. The molecule has 0 radical (unpaired) electrons. The topological polar surface area (TPSA) is 87.3 Å². The molecule has 3 amide bonds. The molecular weight excluding hydrogens is 386 g/mol. The average Bonchev–Trinajstić information content (AvgIpc) is 2.68. The Balaban J connectivity index is 1.65. The SMILES string of the molecule is CCc1ccc(C(=O)NNC(=O)CSCC(=O)Nc2ccc(Cl)cc2)cc1. The lowest BCUT2D eigenvalue weighted by molar-refractivity contribution is -0.119. The minimum Gasteiger partial charge on any atom is -0.325 e. The first-order valence-corrected chi connectivity index (χ1v) is 9.82. The molecule has 0 unspecified atom stereocenters. The number of thioether (sulfide) groups is 1. The van der Waals surface area contributed by atoms with E-state index < -0.39 is 11.8 Å². The van der Waals surface area contributed by atoms with Crippen LogP contribution in [0.4, 0.5) is 5.69 Å². The highest BCUT2D eigenvalue weighted by Gasteiger charge is 2.09. The van der Waals surface area contributed by atoms with Gasteiger partial charge in [-0.05, 0) is 48.4 Å². The minimum atomic E-state index is -0.392. The van der Waals surface area contributed by atoms with Crippen molar-refractivity contribution in [2.24, 2.45) is 0 Å². The number of carbonyl (C=O) groups is 3. The van der Waals surface area contributed by atoms with E-state index in [1.807, 2.05) is 19.1 Å².